The van der Waals surface area contributed by atoms with Gasteiger partial charge in [0, 0.05) is 25.2 Å². The van der Waals surface area contributed by atoms with Crippen LogP contribution in [0, 0.1) is 0 Å². The number of fused-ring (bicyclic) bond motifs is 1. The average Bonchev–Trinajstić information content (AvgIpc) is 2.75. The van der Waals surface area contributed by atoms with E-state index in [2.05, 4.69) is 26.4 Å². The highest BCUT2D eigenvalue weighted by Gasteiger charge is 2.32. The monoisotopic (exact) mass is 562 g/mol. The first kappa shape index (κ1) is 25.8. The van der Waals surface area contributed by atoms with E-state index in [-0.39, 0.29) is 54.3 Å². The Morgan fingerprint density at radius 1 is 1.09 bits per heavy atom. The zero-order chi connectivity index (χ0) is 22.3. The predicted molar refractivity (Wildman–Crippen MR) is 127 cm³/mol. The third kappa shape index (κ3) is 7.57. The fourth-order valence-electron chi connectivity index (χ4n) is 3.34. The lowest BCUT2D eigenvalue weighted by molar-refractivity contribution is -0.274. The van der Waals surface area contributed by atoms with Crippen LogP contribution in [0.2, 0.25) is 0 Å². The number of alkyl halides is 3. The molecule has 1 heterocycles. The van der Waals surface area contributed by atoms with Gasteiger partial charge in [-0.3, -0.25) is 4.79 Å². The highest BCUT2D eigenvalue weighted by molar-refractivity contribution is 14.0. The molecule has 1 aliphatic rings. The van der Waals surface area contributed by atoms with Gasteiger partial charge in [0.05, 0.1) is 13.1 Å². The summed E-state index contributed by atoms with van der Waals surface area (Å²) in [6.07, 6.45) is -3.96. The molecule has 10 heteroatoms. The van der Waals surface area contributed by atoms with Crippen molar-refractivity contribution in [1.29, 1.82) is 0 Å². The molecule has 0 aliphatic carbocycles. The quantitative estimate of drug-likeness (QED) is 0.319. The first-order chi connectivity index (χ1) is 14.9. The Morgan fingerprint density at radius 2 is 1.78 bits per heavy atom. The van der Waals surface area contributed by atoms with Crippen molar-refractivity contribution in [1.82, 2.24) is 15.5 Å². The van der Waals surface area contributed by atoms with Crippen molar-refractivity contribution in [2.45, 2.75) is 32.8 Å². The number of amides is 1. The maximum atomic E-state index is 12.6. The summed E-state index contributed by atoms with van der Waals surface area (Å²) in [7, 11) is 0. The van der Waals surface area contributed by atoms with Crippen LogP contribution < -0.4 is 15.4 Å². The van der Waals surface area contributed by atoms with Gasteiger partial charge in [-0.25, -0.2) is 4.99 Å². The summed E-state index contributed by atoms with van der Waals surface area (Å²) in [5.41, 5.74) is 2.69. The number of carbonyl (C=O) groups is 1. The molecule has 0 fully saturated rings. The van der Waals surface area contributed by atoms with Crippen LogP contribution in [0.4, 0.5) is 13.2 Å². The number of nitrogens with zero attached hydrogens (tertiary/aromatic N) is 2. The molecular weight excluding hydrogens is 536 g/mol. The van der Waals surface area contributed by atoms with Gasteiger partial charge in [-0.05, 0) is 30.5 Å². The normalized spacial score (nSPS) is 13.6. The first-order valence-corrected chi connectivity index (χ1v) is 10.1. The summed E-state index contributed by atoms with van der Waals surface area (Å²) in [5, 5.41) is 5.96. The molecule has 0 radical (unpaired) electrons. The SMILES string of the molecule is CCNC(=NCc1ccccc1OC(F)(F)F)NCC(=O)N1CCc2ccccc2C1.I. The van der Waals surface area contributed by atoms with Gasteiger partial charge in [-0.2, -0.15) is 0 Å². The maximum absolute atomic E-state index is 12.6. The van der Waals surface area contributed by atoms with E-state index >= 15 is 0 Å². The number of para-hydroxylation sites is 1. The lowest BCUT2D eigenvalue weighted by Gasteiger charge is -2.29. The highest BCUT2D eigenvalue weighted by Crippen LogP contribution is 2.26. The molecule has 6 nitrogen and oxygen atoms in total. The number of nitrogens with one attached hydrogen (secondary N) is 2. The fraction of sp³-hybridized carbons (Fsp3) is 0.364. The van der Waals surface area contributed by atoms with Crippen molar-refractivity contribution in [3.05, 3.63) is 65.2 Å². The van der Waals surface area contributed by atoms with Crippen LogP contribution in [0.3, 0.4) is 0 Å². The Morgan fingerprint density at radius 3 is 2.50 bits per heavy atom. The second kappa shape index (κ2) is 11.9. The average molecular weight is 562 g/mol. The largest absolute Gasteiger partial charge is 0.573 e. The number of carbonyl (C=O) groups excluding carboxylic acids is 1. The smallest absolute Gasteiger partial charge is 0.405 e. The van der Waals surface area contributed by atoms with E-state index in [1.807, 2.05) is 25.1 Å². The molecule has 2 aromatic rings. The standard InChI is InChI=1S/C22H25F3N4O2.HI/c1-2-26-21(27-13-17-8-5-6-10-19(17)31-22(23,24)25)28-14-20(30)29-12-11-16-7-3-4-9-18(16)15-29;/h3-10H,2,11-15H2,1H3,(H2,26,27,28);1H. The van der Waals surface area contributed by atoms with E-state index in [1.54, 1.807) is 11.0 Å². The molecule has 1 aliphatic heterocycles. The minimum atomic E-state index is -4.78. The molecule has 0 bridgehead atoms. The third-order valence-electron chi connectivity index (χ3n) is 4.84. The molecule has 3 rings (SSSR count). The van der Waals surface area contributed by atoms with Gasteiger partial charge in [0.1, 0.15) is 5.75 Å². The number of benzene rings is 2. The molecule has 174 valence electrons. The maximum Gasteiger partial charge on any atom is 0.573 e. The van der Waals surface area contributed by atoms with Crippen LogP contribution in [-0.4, -0.2) is 42.8 Å². The summed E-state index contributed by atoms with van der Waals surface area (Å²) < 4.78 is 41.8. The van der Waals surface area contributed by atoms with Crippen LogP contribution in [-0.2, 0) is 24.3 Å². The number of aliphatic imine (C=N–C) groups is 1. The second-order valence-electron chi connectivity index (χ2n) is 7.04. The molecule has 0 unspecified atom stereocenters. The van der Waals surface area contributed by atoms with Gasteiger partial charge in [0.15, 0.2) is 5.96 Å². The molecule has 0 atom stereocenters. The molecule has 0 saturated carbocycles. The van der Waals surface area contributed by atoms with Gasteiger partial charge in [-0.15, -0.1) is 37.1 Å². The Bertz CT molecular complexity index is 937. The minimum Gasteiger partial charge on any atom is -0.405 e. The van der Waals surface area contributed by atoms with Crippen molar-refractivity contribution in [3.8, 4) is 5.75 Å². The molecule has 0 aromatic heterocycles. The molecule has 32 heavy (non-hydrogen) atoms. The second-order valence-corrected chi connectivity index (χ2v) is 7.04. The number of ether oxygens (including phenoxy) is 1. The summed E-state index contributed by atoms with van der Waals surface area (Å²) in [5.74, 6) is -0.0198. The number of halogens is 4. The minimum absolute atomic E-state index is 0. The summed E-state index contributed by atoms with van der Waals surface area (Å²) in [6, 6.07) is 13.9. The van der Waals surface area contributed by atoms with Crippen molar-refractivity contribution in [3.63, 3.8) is 0 Å². The molecular formula is C22H26F3IN4O2. The van der Waals surface area contributed by atoms with E-state index in [0.717, 1.165) is 12.0 Å². The predicted octanol–water partition coefficient (Wildman–Crippen LogP) is 3.84. The topological polar surface area (TPSA) is 66.0 Å². The van der Waals surface area contributed by atoms with Crippen LogP contribution >= 0.6 is 24.0 Å². The van der Waals surface area contributed by atoms with Crippen LogP contribution in [0.1, 0.15) is 23.6 Å². The fourth-order valence-corrected chi connectivity index (χ4v) is 3.34. The number of rotatable bonds is 6. The molecule has 1 amide bonds. The summed E-state index contributed by atoms with van der Waals surface area (Å²) >= 11 is 0. The van der Waals surface area contributed by atoms with Crippen LogP contribution in [0.25, 0.3) is 0 Å². The van der Waals surface area contributed by atoms with Crippen molar-refractivity contribution in [2.75, 3.05) is 19.6 Å². The third-order valence-corrected chi connectivity index (χ3v) is 4.84. The van der Waals surface area contributed by atoms with Gasteiger partial charge in [-0.1, -0.05) is 42.5 Å². The van der Waals surface area contributed by atoms with E-state index in [1.165, 1.54) is 23.8 Å². The zero-order valence-corrected chi connectivity index (χ0v) is 19.9. The van der Waals surface area contributed by atoms with Gasteiger partial charge >= 0.3 is 6.36 Å². The van der Waals surface area contributed by atoms with Crippen molar-refractivity contribution in [2.24, 2.45) is 4.99 Å². The zero-order valence-electron chi connectivity index (χ0n) is 17.6. The molecule has 2 N–H and O–H groups in total. The summed E-state index contributed by atoms with van der Waals surface area (Å²) in [4.78, 5) is 18.7. The molecule has 0 spiro atoms. The number of hydrogen-bond donors (Lipinski definition) is 2. The Labute approximate surface area is 202 Å². The van der Waals surface area contributed by atoms with E-state index < -0.39 is 6.36 Å². The van der Waals surface area contributed by atoms with Gasteiger partial charge in [0.2, 0.25) is 5.91 Å². The Balaban J connectivity index is 0.00000363. The van der Waals surface area contributed by atoms with E-state index in [0.29, 0.717) is 25.6 Å². The van der Waals surface area contributed by atoms with Gasteiger partial charge in [0.25, 0.3) is 0 Å². The summed E-state index contributed by atoms with van der Waals surface area (Å²) in [6.45, 7) is 3.61. The van der Waals surface area contributed by atoms with E-state index in [9.17, 15) is 18.0 Å². The Kier molecular flexibility index (Phi) is 9.60. The number of hydrogen-bond acceptors (Lipinski definition) is 3. The van der Waals surface area contributed by atoms with Crippen LogP contribution in [0.15, 0.2) is 53.5 Å². The molecule has 2 aromatic carbocycles. The van der Waals surface area contributed by atoms with Crippen LogP contribution in [0.5, 0.6) is 5.75 Å². The lowest BCUT2D eigenvalue weighted by Crippen LogP contribution is -2.45. The van der Waals surface area contributed by atoms with Crippen molar-refractivity contribution >= 4 is 35.8 Å². The Hall–Kier alpha value is -2.50. The number of guanidine groups is 1. The van der Waals surface area contributed by atoms with Gasteiger partial charge < -0.3 is 20.3 Å². The van der Waals surface area contributed by atoms with E-state index in [4.69, 9.17) is 0 Å². The van der Waals surface area contributed by atoms with Crippen molar-refractivity contribution < 1.29 is 22.7 Å². The first-order valence-electron chi connectivity index (χ1n) is 10.1. The highest BCUT2D eigenvalue weighted by atomic mass is 127. The molecule has 0 saturated heterocycles. The lowest BCUT2D eigenvalue weighted by atomic mass is 10.00.